The molecular weight excluding hydrogens is 424 g/mol. The average molecular weight is 455 g/mol. The van der Waals surface area contributed by atoms with Gasteiger partial charge in [-0.05, 0) is 28.7 Å². The molecule has 0 heterocycles. The maximum absolute atomic E-state index is 12.7. The van der Waals surface area contributed by atoms with E-state index in [1.165, 1.54) is 12.0 Å². The van der Waals surface area contributed by atoms with Crippen LogP contribution in [0, 0.1) is 0 Å². The first kappa shape index (κ1) is 24.3. The Bertz CT molecular complexity index is 947. The summed E-state index contributed by atoms with van der Waals surface area (Å²) in [6.07, 6.45) is -1.03. The lowest BCUT2D eigenvalue weighted by atomic mass is 9.98. The highest BCUT2D eigenvalue weighted by Gasteiger charge is 2.29. The first-order valence-corrected chi connectivity index (χ1v) is 11.1. The fourth-order valence-electron chi connectivity index (χ4n) is 4.13. The third-order valence-electron chi connectivity index (χ3n) is 5.74. The van der Waals surface area contributed by atoms with Gasteiger partial charge < -0.3 is 24.8 Å². The molecule has 1 aliphatic carbocycles. The number of alkyl carbamates (subject to hydrolysis) is 1. The lowest BCUT2D eigenvalue weighted by Gasteiger charge is -2.26. The largest absolute Gasteiger partial charge is 0.481 e. The minimum absolute atomic E-state index is 0.0564. The highest BCUT2D eigenvalue weighted by atomic mass is 16.5. The van der Waals surface area contributed by atoms with E-state index in [-0.39, 0.29) is 37.9 Å². The fraction of sp³-hybridized carbons (Fsp3) is 0.400. The van der Waals surface area contributed by atoms with E-state index in [1.54, 1.807) is 0 Å². The van der Waals surface area contributed by atoms with Gasteiger partial charge in [0.15, 0.2) is 6.10 Å². The summed E-state index contributed by atoms with van der Waals surface area (Å²) in [7, 11) is 1.38. The van der Waals surface area contributed by atoms with Crippen molar-refractivity contribution in [3.63, 3.8) is 0 Å². The summed E-state index contributed by atoms with van der Waals surface area (Å²) in [6, 6.07) is 16.1. The Balaban J connectivity index is 1.56. The first-order valence-electron chi connectivity index (χ1n) is 11.1. The topological polar surface area (TPSA) is 105 Å². The van der Waals surface area contributed by atoms with E-state index in [4.69, 9.17) is 14.6 Å². The van der Waals surface area contributed by atoms with Gasteiger partial charge in [0, 0.05) is 26.1 Å². The Hall–Kier alpha value is -3.39. The van der Waals surface area contributed by atoms with Gasteiger partial charge in [-0.15, -0.1) is 0 Å². The number of aliphatic carboxylic acids is 1. The van der Waals surface area contributed by atoms with Crippen LogP contribution in [0.4, 0.5) is 4.79 Å². The number of amides is 2. The van der Waals surface area contributed by atoms with E-state index in [0.717, 1.165) is 22.3 Å². The number of benzene rings is 2. The smallest absolute Gasteiger partial charge is 0.407 e. The Morgan fingerprint density at radius 2 is 1.64 bits per heavy atom. The minimum atomic E-state index is -0.977. The summed E-state index contributed by atoms with van der Waals surface area (Å²) >= 11 is 0. The van der Waals surface area contributed by atoms with Crippen LogP contribution in [-0.4, -0.2) is 67.4 Å². The van der Waals surface area contributed by atoms with Crippen molar-refractivity contribution >= 4 is 18.0 Å². The number of fused-ring (bicyclic) bond motifs is 3. The molecular formula is C25H30N2O6. The van der Waals surface area contributed by atoms with Gasteiger partial charge in [-0.2, -0.15) is 0 Å². The zero-order chi connectivity index (χ0) is 23.8. The molecule has 2 aromatic rings. The normalized spacial score (nSPS) is 13.0. The minimum Gasteiger partial charge on any atom is -0.481 e. The van der Waals surface area contributed by atoms with Crippen molar-refractivity contribution in [2.75, 3.05) is 33.4 Å². The molecule has 33 heavy (non-hydrogen) atoms. The van der Waals surface area contributed by atoms with Gasteiger partial charge >= 0.3 is 12.1 Å². The van der Waals surface area contributed by atoms with Gasteiger partial charge in [0.05, 0.1) is 13.0 Å². The molecule has 8 heteroatoms. The molecule has 1 aliphatic rings. The Labute approximate surface area is 193 Å². The van der Waals surface area contributed by atoms with Crippen LogP contribution in [0.25, 0.3) is 11.1 Å². The Morgan fingerprint density at radius 1 is 1.03 bits per heavy atom. The number of ether oxygens (including phenoxy) is 2. The van der Waals surface area contributed by atoms with Crippen LogP contribution in [0.5, 0.6) is 0 Å². The van der Waals surface area contributed by atoms with Gasteiger partial charge in [-0.25, -0.2) is 4.79 Å². The van der Waals surface area contributed by atoms with E-state index in [1.807, 2.05) is 43.3 Å². The second-order valence-electron chi connectivity index (χ2n) is 7.90. The van der Waals surface area contributed by atoms with Crippen molar-refractivity contribution < 1.29 is 29.0 Å². The molecule has 8 nitrogen and oxygen atoms in total. The van der Waals surface area contributed by atoms with Gasteiger partial charge in [0.25, 0.3) is 5.91 Å². The molecule has 1 unspecified atom stereocenters. The first-order chi connectivity index (χ1) is 16.0. The quantitative estimate of drug-likeness (QED) is 0.540. The Morgan fingerprint density at radius 3 is 2.18 bits per heavy atom. The number of hydrogen-bond acceptors (Lipinski definition) is 5. The molecule has 0 aromatic heterocycles. The van der Waals surface area contributed by atoms with Crippen LogP contribution in [0.2, 0.25) is 0 Å². The van der Waals surface area contributed by atoms with Crippen LogP contribution in [0.3, 0.4) is 0 Å². The van der Waals surface area contributed by atoms with Crippen LogP contribution in [0.1, 0.15) is 36.8 Å². The predicted octanol–water partition coefficient (Wildman–Crippen LogP) is 3.25. The maximum Gasteiger partial charge on any atom is 0.407 e. The highest BCUT2D eigenvalue weighted by Crippen LogP contribution is 2.44. The molecule has 1 atom stereocenters. The van der Waals surface area contributed by atoms with Crippen LogP contribution < -0.4 is 5.32 Å². The van der Waals surface area contributed by atoms with Crippen molar-refractivity contribution in [1.82, 2.24) is 10.2 Å². The molecule has 176 valence electrons. The molecule has 2 amide bonds. The number of rotatable bonds is 11. The summed E-state index contributed by atoms with van der Waals surface area (Å²) in [5.74, 6) is -1.40. The van der Waals surface area contributed by atoms with Crippen LogP contribution >= 0.6 is 0 Å². The van der Waals surface area contributed by atoms with Crippen LogP contribution in [-0.2, 0) is 19.1 Å². The molecule has 2 N–H and O–H groups in total. The fourth-order valence-corrected chi connectivity index (χ4v) is 4.13. The molecule has 0 bridgehead atoms. The Kier molecular flexibility index (Phi) is 8.43. The number of carbonyl (C=O) groups excluding carboxylic acids is 2. The lowest BCUT2D eigenvalue weighted by molar-refractivity contribution is -0.143. The monoisotopic (exact) mass is 454 g/mol. The van der Waals surface area contributed by atoms with Gasteiger partial charge in [0.2, 0.25) is 0 Å². The number of hydrogen-bond donors (Lipinski definition) is 2. The van der Waals surface area contributed by atoms with E-state index in [0.29, 0.717) is 13.0 Å². The highest BCUT2D eigenvalue weighted by molar-refractivity contribution is 5.82. The SMILES string of the molecule is CCCN(CCC(=O)O)C(=O)C(CNC(=O)OCC1c2ccccc2-c2ccccc21)OC. The van der Waals surface area contributed by atoms with Gasteiger partial charge in [-0.3, -0.25) is 9.59 Å². The number of methoxy groups -OCH3 is 1. The third-order valence-corrected chi connectivity index (χ3v) is 5.74. The van der Waals surface area contributed by atoms with E-state index < -0.39 is 18.2 Å². The van der Waals surface area contributed by atoms with Gasteiger partial charge in [-0.1, -0.05) is 55.5 Å². The summed E-state index contributed by atoms with van der Waals surface area (Å²) in [6.45, 7) is 2.51. The summed E-state index contributed by atoms with van der Waals surface area (Å²) in [5, 5.41) is 11.5. The molecule has 0 saturated heterocycles. The van der Waals surface area contributed by atoms with Crippen molar-refractivity contribution in [1.29, 1.82) is 0 Å². The van der Waals surface area contributed by atoms with E-state index in [9.17, 15) is 14.4 Å². The van der Waals surface area contributed by atoms with Crippen LogP contribution in [0.15, 0.2) is 48.5 Å². The number of carbonyl (C=O) groups is 3. The number of nitrogens with one attached hydrogen (secondary N) is 1. The molecule has 2 aromatic carbocycles. The summed E-state index contributed by atoms with van der Waals surface area (Å²) in [4.78, 5) is 37.5. The van der Waals surface area contributed by atoms with E-state index in [2.05, 4.69) is 17.4 Å². The predicted molar refractivity (Wildman–Crippen MR) is 123 cm³/mol. The lowest BCUT2D eigenvalue weighted by Crippen LogP contribution is -2.47. The average Bonchev–Trinajstić information content (AvgIpc) is 3.14. The number of carboxylic acid groups (broad SMARTS) is 1. The van der Waals surface area contributed by atoms with Crippen molar-refractivity contribution in [2.45, 2.75) is 31.8 Å². The molecule has 0 spiro atoms. The molecule has 0 saturated carbocycles. The van der Waals surface area contributed by atoms with Gasteiger partial charge in [0.1, 0.15) is 6.61 Å². The van der Waals surface area contributed by atoms with Crippen molar-refractivity contribution in [3.8, 4) is 11.1 Å². The second-order valence-corrected chi connectivity index (χ2v) is 7.90. The van der Waals surface area contributed by atoms with Crippen molar-refractivity contribution in [2.24, 2.45) is 0 Å². The maximum atomic E-state index is 12.7. The van der Waals surface area contributed by atoms with E-state index >= 15 is 0 Å². The zero-order valence-corrected chi connectivity index (χ0v) is 19.0. The third kappa shape index (κ3) is 5.90. The molecule has 3 rings (SSSR count). The number of nitrogens with zero attached hydrogens (tertiary/aromatic N) is 1. The van der Waals surface area contributed by atoms with Crippen molar-refractivity contribution in [3.05, 3.63) is 59.7 Å². The summed E-state index contributed by atoms with van der Waals surface area (Å²) < 4.78 is 10.8. The molecule has 0 fully saturated rings. The second kappa shape index (κ2) is 11.5. The number of carboxylic acids is 1. The standard InChI is InChI=1S/C25H30N2O6/c1-3-13-27(14-12-23(28)29)24(30)22(32-2)15-26-25(31)33-16-21-19-10-6-4-8-17(19)18-9-5-7-11-20(18)21/h4-11,21-22H,3,12-16H2,1-2H3,(H,26,31)(H,28,29). The molecule has 0 radical (unpaired) electrons. The summed E-state index contributed by atoms with van der Waals surface area (Å²) in [5.41, 5.74) is 4.52. The molecule has 0 aliphatic heterocycles. The zero-order valence-electron chi connectivity index (χ0n) is 19.0.